The Morgan fingerprint density at radius 3 is 2.00 bits per heavy atom. The Labute approximate surface area is 111 Å². The van der Waals surface area contributed by atoms with E-state index < -0.39 is 38.5 Å². The smallest absolute Gasteiger partial charge is 0.265 e. The molecule has 0 aromatic rings. The zero-order valence-electron chi connectivity index (χ0n) is 10.5. The number of ether oxygens (including phenoxy) is 1. The maximum atomic E-state index is 11.1. The Kier molecular flexibility index (Phi) is 4.88. The highest BCUT2D eigenvalue weighted by atomic mass is 32.2. The highest BCUT2D eigenvalue weighted by Gasteiger charge is 2.45. The monoisotopic (exact) mass is 314 g/mol. The molecule has 0 heterocycles. The van der Waals surface area contributed by atoms with Gasteiger partial charge in [-0.2, -0.15) is 16.8 Å². The van der Waals surface area contributed by atoms with Gasteiger partial charge in [0.15, 0.2) is 0 Å². The van der Waals surface area contributed by atoms with Gasteiger partial charge in [0.2, 0.25) is 0 Å². The van der Waals surface area contributed by atoms with Gasteiger partial charge in [-0.3, -0.25) is 8.37 Å². The topological polar surface area (TPSA) is 113 Å². The van der Waals surface area contributed by atoms with Crippen LogP contribution in [-0.2, 0) is 38.1 Å². The summed E-state index contributed by atoms with van der Waals surface area (Å²) >= 11 is 0. The van der Waals surface area contributed by atoms with Gasteiger partial charge in [0.25, 0.3) is 20.2 Å². The van der Waals surface area contributed by atoms with E-state index in [0.29, 0.717) is 0 Å². The zero-order valence-corrected chi connectivity index (χ0v) is 12.2. The van der Waals surface area contributed by atoms with E-state index >= 15 is 0 Å². The second-order valence-electron chi connectivity index (χ2n) is 4.08. The Bertz CT molecular complexity index is 584. The Morgan fingerprint density at radius 1 is 1.11 bits per heavy atom. The van der Waals surface area contributed by atoms with Crippen LogP contribution in [0.25, 0.3) is 0 Å². The summed E-state index contributed by atoms with van der Waals surface area (Å²) in [5.74, 6) is 1.53. The van der Waals surface area contributed by atoms with E-state index in [1.54, 1.807) is 0 Å². The van der Waals surface area contributed by atoms with Crippen LogP contribution in [0.5, 0.6) is 0 Å². The first-order valence-electron chi connectivity index (χ1n) is 5.11. The summed E-state index contributed by atoms with van der Waals surface area (Å²) in [4.78, 5) is 10.9. The number of hydrogen-bond acceptors (Lipinski definition) is 8. The first kappa shape index (κ1) is 16.3. The molecule has 19 heavy (non-hydrogen) atoms. The molecule has 10 heteroatoms. The molecule has 1 rings (SSSR count). The predicted octanol–water partition coefficient (Wildman–Crippen LogP) is -1.15. The predicted molar refractivity (Wildman–Crippen MR) is 64.1 cm³/mol. The highest BCUT2D eigenvalue weighted by Crippen LogP contribution is 2.32. The molecule has 0 saturated heterocycles. The molecular weight excluding hydrogens is 300 g/mol. The molecule has 1 aliphatic rings. The van der Waals surface area contributed by atoms with Crippen LogP contribution in [0.3, 0.4) is 0 Å². The van der Waals surface area contributed by atoms with Gasteiger partial charge in [0, 0.05) is 13.5 Å². The molecule has 1 unspecified atom stereocenters. The van der Waals surface area contributed by atoms with Crippen molar-refractivity contribution in [2.75, 3.05) is 19.6 Å². The second kappa shape index (κ2) is 5.70. The van der Waals surface area contributed by atoms with Gasteiger partial charge < -0.3 is 4.74 Å². The van der Waals surface area contributed by atoms with Crippen molar-refractivity contribution in [2.45, 2.75) is 24.7 Å². The normalized spacial score (nSPS) is 28.4. The summed E-state index contributed by atoms with van der Waals surface area (Å²) in [5.41, 5.74) is -0.124. The van der Waals surface area contributed by atoms with Crippen LogP contribution < -0.4 is 0 Å². The molecule has 3 atom stereocenters. The van der Waals surface area contributed by atoms with Crippen molar-refractivity contribution < 1.29 is 34.7 Å². The van der Waals surface area contributed by atoms with Crippen molar-refractivity contribution in [2.24, 2.45) is 0 Å². The molecule has 1 aliphatic carbocycles. The molecular formula is C9H14O8S2. The molecule has 0 aromatic heterocycles. The van der Waals surface area contributed by atoms with Crippen LogP contribution >= 0.6 is 0 Å². The van der Waals surface area contributed by atoms with Crippen LogP contribution in [0, 0.1) is 0 Å². The lowest BCUT2D eigenvalue weighted by Crippen LogP contribution is -2.31. The molecule has 1 saturated carbocycles. The maximum absolute atomic E-state index is 11.1. The van der Waals surface area contributed by atoms with Gasteiger partial charge in [-0.1, -0.05) is 0 Å². The fraction of sp³-hybridized carbons (Fsp3) is 0.778. The average molecular weight is 314 g/mol. The van der Waals surface area contributed by atoms with Gasteiger partial charge >= 0.3 is 0 Å². The van der Waals surface area contributed by atoms with Crippen molar-refractivity contribution in [3.63, 3.8) is 0 Å². The van der Waals surface area contributed by atoms with Crippen molar-refractivity contribution in [1.82, 2.24) is 0 Å². The third-order valence-corrected chi connectivity index (χ3v) is 3.57. The van der Waals surface area contributed by atoms with Crippen molar-refractivity contribution in [3.8, 4) is 0 Å². The fourth-order valence-electron chi connectivity index (χ4n) is 1.81. The molecule has 0 aromatic carbocycles. The quantitative estimate of drug-likeness (QED) is 0.462. The molecule has 1 fully saturated rings. The molecule has 0 bridgehead atoms. The summed E-state index contributed by atoms with van der Waals surface area (Å²) in [6.45, 7) is 0. The molecule has 0 aliphatic heterocycles. The average Bonchev–Trinajstić information content (AvgIpc) is 2.51. The number of methoxy groups -OCH3 is 1. The number of carbonyl (C=O) groups excluding carboxylic acids is 1. The van der Waals surface area contributed by atoms with E-state index in [4.69, 9.17) is 13.1 Å². The van der Waals surface area contributed by atoms with E-state index in [-0.39, 0.29) is 12.0 Å². The summed E-state index contributed by atoms with van der Waals surface area (Å²) in [7, 11) is -6.44. The van der Waals surface area contributed by atoms with E-state index in [9.17, 15) is 21.6 Å². The maximum Gasteiger partial charge on any atom is 0.265 e. The van der Waals surface area contributed by atoms with Crippen molar-refractivity contribution in [3.05, 3.63) is 5.57 Å². The summed E-state index contributed by atoms with van der Waals surface area (Å²) < 4.78 is 58.9. The van der Waals surface area contributed by atoms with E-state index in [1.165, 1.54) is 13.1 Å². The van der Waals surface area contributed by atoms with Crippen LogP contribution in [0.2, 0.25) is 0 Å². The van der Waals surface area contributed by atoms with E-state index in [0.717, 1.165) is 12.5 Å². The standard InChI is InChI=1S/C9H14O8S2/c1-15-7-4-8(16-18(2,11)12)9(6(7)5-10)17-19(3,13)14/h7-9H,4H2,1-3H3/t7?,8-,9-/m1/s1. The lowest BCUT2D eigenvalue weighted by Gasteiger charge is -2.17. The molecule has 0 spiro atoms. The van der Waals surface area contributed by atoms with Gasteiger partial charge in [-0.15, -0.1) is 0 Å². The molecule has 110 valence electrons. The fourth-order valence-corrected chi connectivity index (χ4v) is 3.04. The summed E-state index contributed by atoms with van der Waals surface area (Å²) in [6.07, 6.45) is -1.72. The third-order valence-electron chi connectivity index (χ3n) is 2.42. The molecule has 8 nitrogen and oxygen atoms in total. The largest absolute Gasteiger partial charge is 0.376 e. The zero-order chi connectivity index (χ0) is 14.8. The summed E-state index contributed by atoms with van der Waals surface area (Å²) in [5, 5.41) is 0. The van der Waals surface area contributed by atoms with Crippen molar-refractivity contribution in [1.29, 1.82) is 0 Å². The van der Waals surface area contributed by atoms with Gasteiger partial charge in [0.05, 0.1) is 24.2 Å². The molecule has 0 amide bonds. The minimum Gasteiger partial charge on any atom is -0.376 e. The second-order valence-corrected chi connectivity index (χ2v) is 7.28. The Hall–Kier alpha value is -0.770. The van der Waals surface area contributed by atoms with Crippen LogP contribution in [0.15, 0.2) is 5.57 Å². The van der Waals surface area contributed by atoms with Crippen molar-refractivity contribution >= 4 is 26.2 Å². The van der Waals surface area contributed by atoms with Gasteiger partial charge in [-0.05, 0) is 0 Å². The third kappa shape index (κ3) is 4.68. The van der Waals surface area contributed by atoms with E-state index in [2.05, 4.69) is 0 Å². The van der Waals surface area contributed by atoms with Crippen LogP contribution in [0.1, 0.15) is 6.42 Å². The first-order chi connectivity index (χ1) is 8.57. The Morgan fingerprint density at radius 2 is 1.63 bits per heavy atom. The summed E-state index contributed by atoms with van der Waals surface area (Å²) in [6, 6.07) is 0. The van der Waals surface area contributed by atoms with Crippen LogP contribution in [0.4, 0.5) is 0 Å². The Balaban J connectivity index is 3.11. The minimum atomic E-state index is -3.90. The van der Waals surface area contributed by atoms with E-state index in [1.807, 2.05) is 0 Å². The molecule has 0 radical (unpaired) electrons. The van der Waals surface area contributed by atoms with Gasteiger partial charge in [0.1, 0.15) is 18.1 Å². The first-order valence-corrected chi connectivity index (χ1v) is 8.75. The number of hydrogen-bond donors (Lipinski definition) is 0. The lowest BCUT2D eigenvalue weighted by atomic mass is 10.2. The van der Waals surface area contributed by atoms with Gasteiger partial charge in [-0.25, -0.2) is 4.79 Å². The van der Waals surface area contributed by atoms with Crippen LogP contribution in [-0.4, -0.2) is 60.7 Å². The minimum absolute atomic E-state index is 0.0195. The molecule has 0 N–H and O–H groups in total. The highest BCUT2D eigenvalue weighted by molar-refractivity contribution is 7.86. The SMILES string of the molecule is COC1C[C@@H](OS(C)(=O)=O)[C@H](OS(C)(=O)=O)C1=C=O. The number of rotatable bonds is 5. The lowest BCUT2D eigenvalue weighted by molar-refractivity contribution is 0.0912.